The van der Waals surface area contributed by atoms with Crippen LogP contribution in [-0.4, -0.2) is 30.5 Å². The maximum absolute atomic E-state index is 12.2. The van der Waals surface area contributed by atoms with Crippen molar-refractivity contribution in [2.24, 2.45) is 5.92 Å². The molecule has 1 saturated heterocycles. The van der Waals surface area contributed by atoms with Gasteiger partial charge in [-0.25, -0.2) is 0 Å². The Hall–Kier alpha value is -2.49. The van der Waals surface area contributed by atoms with E-state index in [2.05, 4.69) is 12.2 Å². The summed E-state index contributed by atoms with van der Waals surface area (Å²) in [5.41, 5.74) is 2.03. The largest absolute Gasteiger partial charge is 0.484 e. The summed E-state index contributed by atoms with van der Waals surface area (Å²) in [6, 6.07) is 17.7. The molecule has 0 spiro atoms. The highest BCUT2D eigenvalue weighted by Gasteiger charge is 2.21. The minimum atomic E-state index is 0.0769. The highest BCUT2D eigenvalue weighted by molar-refractivity contribution is 5.77. The summed E-state index contributed by atoms with van der Waals surface area (Å²) in [7, 11) is 0. The van der Waals surface area contributed by atoms with Gasteiger partial charge in [0.05, 0.1) is 0 Å². The van der Waals surface area contributed by atoms with Gasteiger partial charge in [-0.05, 0) is 55.2 Å². The lowest BCUT2D eigenvalue weighted by molar-refractivity contribution is -0.135. The smallest absolute Gasteiger partial charge is 0.260 e. The maximum atomic E-state index is 12.2. The van der Waals surface area contributed by atoms with E-state index in [9.17, 15) is 4.79 Å². The van der Waals surface area contributed by atoms with Crippen molar-refractivity contribution >= 4 is 17.3 Å². The zero-order valence-corrected chi connectivity index (χ0v) is 14.1. The molecular weight excluding hydrogens is 300 g/mol. The number of hydrogen-bond donors (Lipinski definition) is 1. The summed E-state index contributed by atoms with van der Waals surface area (Å²) in [6.07, 6.45) is 2.30. The van der Waals surface area contributed by atoms with Crippen LogP contribution < -0.4 is 10.1 Å². The molecule has 0 unspecified atom stereocenters. The standard InChI is InChI=1S/C20H24N2O2/c1-16-6-5-13-22(14-16)20(23)15-24-19-11-9-18(10-12-19)21-17-7-3-2-4-8-17/h2-4,7-12,16,21H,5-6,13-15H2,1H3/t16-/m1/s1. The molecule has 0 saturated carbocycles. The third-order valence-electron chi connectivity index (χ3n) is 4.29. The summed E-state index contributed by atoms with van der Waals surface area (Å²) in [5, 5.41) is 3.32. The van der Waals surface area contributed by atoms with E-state index >= 15 is 0 Å². The Balaban J connectivity index is 1.50. The quantitative estimate of drug-likeness (QED) is 0.901. The normalized spacial score (nSPS) is 17.4. The van der Waals surface area contributed by atoms with E-state index in [1.807, 2.05) is 59.5 Å². The molecule has 4 heteroatoms. The molecule has 1 aliphatic rings. The maximum Gasteiger partial charge on any atom is 0.260 e. The molecule has 126 valence electrons. The number of benzene rings is 2. The highest BCUT2D eigenvalue weighted by Crippen LogP contribution is 2.20. The minimum Gasteiger partial charge on any atom is -0.484 e. The topological polar surface area (TPSA) is 41.6 Å². The van der Waals surface area contributed by atoms with Gasteiger partial charge in [0.15, 0.2) is 6.61 Å². The lowest BCUT2D eigenvalue weighted by Crippen LogP contribution is -2.41. The van der Waals surface area contributed by atoms with Gasteiger partial charge in [-0.2, -0.15) is 0 Å². The number of amides is 1. The van der Waals surface area contributed by atoms with Crippen molar-refractivity contribution in [2.45, 2.75) is 19.8 Å². The van der Waals surface area contributed by atoms with E-state index in [0.29, 0.717) is 11.7 Å². The third kappa shape index (κ3) is 4.51. The molecule has 24 heavy (non-hydrogen) atoms. The zero-order valence-electron chi connectivity index (χ0n) is 14.1. The molecule has 1 atom stereocenters. The molecule has 4 nitrogen and oxygen atoms in total. The van der Waals surface area contributed by atoms with Crippen LogP contribution in [0.15, 0.2) is 54.6 Å². The van der Waals surface area contributed by atoms with Crippen molar-refractivity contribution in [3.05, 3.63) is 54.6 Å². The lowest BCUT2D eigenvalue weighted by Gasteiger charge is -2.30. The second-order valence-electron chi connectivity index (χ2n) is 6.39. The first-order valence-electron chi connectivity index (χ1n) is 8.53. The number of nitrogens with one attached hydrogen (secondary N) is 1. The van der Waals surface area contributed by atoms with Crippen LogP contribution in [0.2, 0.25) is 0 Å². The van der Waals surface area contributed by atoms with Crippen molar-refractivity contribution in [1.82, 2.24) is 4.90 Å². The summed E-state index contributed by atoms with van der Waals surface area (Å²) in [6.45, 7) is 4.01. The molecule has 1 fully saturated rings. The van der Waals surface area contributed by atoms with E-state index in [-0.39, 0.29) is 12.5 Å². The Labute approximate surface area is 143 Å². The number of anilines is 2. The fourth-order valence-corrected chi connectivity index (χ4v) is 2.97. The Kier molecular flexibility index (Phi) is 5.36. The van der Waals surface area contributed by atoms with Gasteiger partial charge in [0, 0.05) is 24.5 Å². The lowest BCUT2D eigenvalue weighted by atomic mass is 10.0. The predicted octanol–water partition coefficient (Wildman–Crippen LogP) is 4.07. The molecule has 0 radical (unpaired) electrons. The molecule has 1 aliphatic heterocycles. The van der Waals surface area contributed by atoms with Gasteiger partial charge < -0.3 is 15.0 Å². The molecular formula is C20H24N2O2. The minimum absolute atomic E-state index is 0.0769. The van der Waals surface area contributed by atoms with Crippen LogP contribution in [0.3, 0.4) is 0 Å². The summed E-state index contributed by atoms with van der Waals surface area (Å²) in [5.74, 6) is 1.38. The highest BCUT2D eigenvalue weighted by atomic mass is 16.5. The molecule has 3 rings (SSSR count). The molecule has 2 aromatic carbocycles. The van der Waals surface area contributed by atoms with Gasteiger partial charge in [-0.15, -0.1) is 0 Å². The number of para-hydroxylation sites is 1. The van der Waals surface area contributed by atoms with Crippen molar-refractivity contribution in [3.8, 4) is 5.75 Å². The number of carbonyl (C=O) groups is 1. The van der Waals surface area contributed by atoms with Crippen LogP contribution in [0.5, 0.6) is 5.75 Å². The Morgan fingerprint density at radius 2 is 1.83 bits per heavy atom. The molecule has 2 aromatic rings. The Morgan fingerprint density at radius 1 is 1.12 bits per heavy atom. The van der Waals surface area contributed by atoms with E-state index in [0.717, 1.165) is 30.9 Å². The predicted molar refractivity (Wildman–Crippen MR) is 96.6 cm³/mol. The summed E-state index contributed by atoms with van der Waals surface area (Å²) in [4.78, 5) is 14.1. The van der Waals surface area contributed by atoms with Crippen molar-refractivity contribution in [1.29, 1.82) is 0 Å². The number of rotatable bonds is 5. The van der Waals surface area contributed by atoms with Gasteiger partial charge in [-0.3, -0.25) is 4.79 Å². The summed E-state index contributed by atoms with van der Waals surface area (Å²) < 4.78 is 5.64. The Bertz CT molecular complexity index is 655. The van der Waals surface area contributed by atoms with E-state index in [4.69, 9.17) is 4.74 Å². The second-order valence-corrected chi connectivity index (χ2v) is 6.39. The van der Waals surface area contributed by atoms with E-state index in [1.54, 1.807) is 0 Å². The van der Waals surface area contributed by atoms with Gasteiger partial charge >= 0.3 is 0 Å². The van der Waals surface area contributed by atoms with Crippen LogP contribution >= 0.6 is 0 Å². The fourth-order valence-electron chi connectivity index (χ4n) is 2.97. The zero-order chi connectivity index (χ0) is 16.8. The number of piperidine rings is 1. The van der Waals surface area contributed by atoms with Crippen molar-refractivity contribution in [2.75, 3.05) is 25.0 Å². The van der Waals surface area contributed by atoms with E-state index in [1.165, 1.54) is 6.42 Å². The van der Waals surface area contributed by atoms with Gasteiger partial charge in [0.25, 0.3) is 5.91 Å². The van der Waals surface area contributed by atoms with Gasteiger partial charge in [-0.1, -0.05) is 25.1 Å². The number of nitrogens with zero attached hydrogens (tertiary/aromatic N) is 1. The summed E-state index contributed by atoms with van der Waals surface area (Å²) >= 11 is 0. The van der Waals surface area contributed by atoms with Crippen LogP contribution in [0, 0.1) is 5.92 Å². The number of carbonyl (C=O) groups excluding carboxylic acids is 1. The van der Waals surface area contributed by atoms with Crippen molar-refractivity contribution in [3.63, 3.8) is 0 Å². The van der Waals surface area contributed by atoms with Crippen LogP contribution in [0.1, 0.15) is 19.8 Å². The molecule has 1 N–H and O–H groups in total. The molecule has 0 bridgehead atoms. The van der Waals surface area contributed by atoms with Crippen LogP contribution in [-0.2, 0) is 4.79 Å². The van der Waals surface area contributed by atoms with Crippen molar-refractivity contribution < 1.29 is 9.53 Å². The number of likely N-dealkylation sites (tertiary alicyclic amines) is 1. The first-order valence-corrected chi connectivity index (χ1v) is 8.53. The van der Waals surface area contributed by atoms with E-state index < -0.39 is 0 Å². The first-order chi connectivity index (χ1) is 11.7. The number of ether oxygens (including phenoxy) is 1. The third-order valence-corrected chi connectivity index (χ3v) is 4.29. The first kappa shape index (κ1) is 16.4. The molecule has 0 aromatic heterocycles. The average molecular weight is 324 g/mol. The SMILES string of the molecule is C[C@@H]1CCCN(C(=O)COc2ccc(Nc3ccccc3)cc2)C1. The second kappa shape index (κ2) is 7.86. The van der Waals surface area contributed by atoms with Gasteiger partial charge in [0.2, 0.25) is 0 Å². The number of hydrogen-bond acceptors (Lipinski definition) is 3. The van der Waals surface area contributed by atoms with Crippen LogP contribution in [0.4, 0.5) is 11.4 Å². The Morgan fingerprint density at radius 3 is 2.54 bits per heavy atom. The molecule has 1 amide bonds. The molecule has 0 aliphatic carbocycles. The fraction of sp³-hybridized carbons (Fsp3) is 0.350. The molecule has 1 heterocycles. The monoisotopic (exact) mass is 324 g/mol. The van der Waals surface area contributed by atoms with Gasteiger partial charge in [0.1, 0.15) is 5.75 Å². The average Bonchev–Trinajstić information content (AvgIpc) is 2.62. The van der Waals surface area contributed by atoms with Crippen LogP contribution in [0.25, 0.3) is 0 Å².